The summed E-state index contributed by atoms with van der Waals surface area (Å²) in [6.07, 6.45) is 3.61. The minimum absolute atomic E-state index is 0.232. The van der Waals surface area contributed by atoms with Gasteiger partial charge in [-0.05, 0) is 36.8 Å². The number of anilines is 1. The third kappa shape index (κ3) is 5.07. The van der Waals surface area contributed by atoms with E-state index in [4.69, 9.17) is 9.47 Å². The van der Waals surface area contributed by atoms with Crippen molar-refractivity contribution in [3.05, 3.63) is 71.8 Å². The van der Waals surface area contributed by atoms with Crippen LogP contribution in [0.1, 0.15) is 37.5 Å². The number of fused-ring (bicyclic) bond motifs is 1. The molecule has 1 aliphatic rings. The van der Waals surface area contributed by atoms with Gasteiger partial charge in [0.25, 0.3) is 17.7 Å². The molecular weight excluding hydrogens is 426 g/mol. The summed E-state index contributed by atoms with van der Waals surface area (Å²) in [4.78, 5) is 43.0. The second-order valence-corrected chi connectivity index (χ2v) is 7.36. The van der Waals surface area contributed by atoms with Gasteiger partial charge in [-0.2, -0.15) is 5.10 Å². The van der Waals surface area contributed by atoms with Gasteiger partial charge >= 0.3 is 0 Å². The average molecular weight is 449 g/mol. The number of hydrogen-bond acceptors (Lipinski definition) is 7. The molecule has 33 heavy (non-hydrogen) atoms. The molecule has 0 spiro atoms. The SMILES string of the molecule is COCCCN1C(=O)c2ccc(C(=O)Nc3cccc(OCCn4cncn4)c3)cc2C1=O. The van der Waals surface area contributed by atoms with E-state index < -0.39 is 11.8 Å². The Bertz CT molecular complexity index is 1160. The van der Waals surface area contributed by atoms with Crippen LogP contribution in [0.2, 0.25) is 0 Å². The van der Waals surface area contributed by atoms with Crippen molar-refractivity contribution >= 4 is 23.4 Å². The summed E-state index contributed by atoms with van der Waals surface area (Å²) < 4.78 is 12.4. The number of amides is 3. The van der Waals surface area contributed by atoms with Crippen LogP contribution in [0.15, 0.2) is 55.1 Å². The van der Waals surface area contributed by atoms with Gasteiger partial charge in [0.15, 0.2) is 0 Å². The van der Waals surface area contributed by atoms with E-state index in [1.807, 2.05) is 0 Å². The number of carbonyl (C=O) groups is 3. The topological polar surface area (TPSA) is 116 Å². The maximum Gasteiger partial charge on any atom is 0.261 e. The molecule has 4 rings (SSSR count). The first-order valence-corrected chi connectivity index (χ1v) is 10.4. The lowest BCUT2D eigenvalue weighted by atomic mass is 10.1. The van der Waals surface area contributed by atoms with Crippen LogP contribution in [-0.2, 0) is 11.3 Å². The van der Waals surface area contributed by atoms with Gasteiger partial charge < -0.3 is 14.8 Å². The van der Waals surface area contributed by atoms with Crippen LogP contribution in [-0.4, -0.2) is 64.3 Å². The van der Waals surface area contributed by atoms with Crippen molar-refractivity contribution in [2.75, 3.05) is 32.2 Å². The largest absolute Gasteiger partial charge is 0.492 e. The minimum Gasteiger partial charge on any atom is -0.492 e. The first-order valence-electron chi connectivity index (χ1n) is 10.4. The van der Waals surface area contributed by atoms with Gasteiger partial charge in [0.1, 0.15) is 25.0 Å². The molecule has 1 aromatic heterocycles. The first-order chi connectivity index (χ1) is 16.1. The van der Waals surface area contributed by atoms with Crippen LogP contribution >= 0.6 is 0 Å². The molecule has 0 saturated heterocycles. The van der Waals surface area contributed by atoms with Crippen LogP contribution in [0.3, 0.4) is 0 Å². The molecule has 0 bridgehead atoms. The van der Waals surface area contributed by atoms with Crippen molar-refractivity contribution < 1.29 is 23.9 Å². The highest BCUT2D eigenvalue weighted by molar-refractivity contribution is 6.22. The Hall–Kier alpha value is -4.05. The van der Waals surface area contributed by atoms with Gasteiger partial charge in [-0.15, -0.1) is 0 Å². The molecule has 2 heterocycles. The quantitative estimate of drug-likeness (QED) is 0.373. The molecule has 0 fully saturated rings. The molecule has 2 aromatic carbocycles. The van der Waals surface area contributed by atoms with E-state index >= 15 is 0 Å². The second-order valence-electron chi connectivity index (χ2n) is 7.36. The van der Waals surface area contributed by atoms with Crippen molar-refractivity contribution in [3.8, 4) is 5.75 Å². The van der Waals surface area contributed by atoms with Crippen LogP contribution in [0.25, 0.3) is 0 Å². The summed E-state index contributed by atoms with van der Waals surface area (Å²) in [5.74, 6) is -0.553. The molecule has 10 heteroatoms. The lowest BCUT2D eigenvalue weighted by Crippen LogP contribution is -2.31. The third-order valence-corrected chi connectivity index (χ3v) is 5.11. The van der Waals surface area contributed by atoms with Crippen molar-refractivity contribution in [2.24, 2.45) is 0 Å². The molecule has 0 radical (unpaired) electrons. The number of imide groups is 1. The van der Waals surface area contributed by atoms with E-state index in [2.05, 4.69) is 15.4 Å². The molecule has 0 atom stereocenters. The lowest BCUT2D eigenvalue weighted by Gasteiger charge is -2.12. The Labute approximate surface area is 190 Å². The number of nitrogens with one attached hydrogen (secondary N) is 1. The summed E-state index contributed by atoms with van der Waals surface area (Å²) in [6, 6.07) is 11.5. The Morgan fingerprint density at radius 1 is 1.03 bits per heavy atom. The molecule has 3 aromatic rings. The standard InChI is InChI=1S/C23H23N5O5/c1-32-10-3-8-28-22(30)19-7-6-16(12-20(19)23(28)31)21(29)26-17-4-2-5-18(13-17)33-11-9-27-15-24-14-25-27/h2,4-7,12-15H,3,8-11H2,1H3,(H,26,29). The highest BCUT2D eigenvalue weighted by Gasteiger charge is 2.35. The summed E-state index contributed by atoms with van der Waals surface area (Å²) in [5.41, 5.74) is 1.36. The zero-order chi connectivity index (χ0) is 23.2. The van der Waals surface area contributed by atoms with E-state index in [1.54, 1.807) is 42.4 Å². The van der Waals surface area contributed by atoms with Gasteiger partial charge in [-0.1, -0.05) is 6.07 Å². The summed E-state index contributed by atoms with van der Waals surface area (Å²) in [7, 11) is 1.56. The van der Waals surface area contributed by atoms with Gasteiger partial charge in [0.05, 0.1) is 17.7 Å². The second kappa shape index (κ2) is 10.0. The smallest absolute Gasteiger partial charge is 0.261 e. The van der Waals surface area contributed by atoms with Gasteiger partial charge in [-0.25, -0.2) is 9.67 Å². The van der Waals surface area contributed by atoms with E-state index in [1.165, 1.54) is 29.4 Å². The molecule has 10 nitrogen and oxygen atoms in total. The summed E-state index contributed by atoms with van der Waals surface area (Å²) in [6.45, 7) is 1.65. The minimum atomic E-state index is -0.400. The van der Waals surface area contributed by atoms with E-state index in [9.17, 15) is 14.4 Å². The van der Waals surface area contributed by atoms with E-state index in [0.29, 0.717) is 43.2 Å². The summed E-state index contributed by atoms with van der Waals surface area (Å²) in [5, 5.41) is 6.81. The van der Waals surface area contributed by atoms with E-state index in [0.717, 1.165) is 0 Å². The first kappa shape index (κ1) is 22.2. The Kier molecular flexibility index (Phi) is 6.75. The molecular formula is C23H23N5O5. The normalized spacial score (nSPS) is 12.7. The fraction of sp³-hybridized carbons (Fsp3) is 0.261. The van der Waals surface area contributed by atoms with Gasteiger partial charge in [0.2, 0.25) is 0 Å². The van der Waals surface area contributed by atoms with E-state index in [-0.39, 0.29) is 23.6 Å². The molecule has 0 aliphatic carbocycles. The number of nitrogens with zero attached hydrogens (tertiary/aromatic N) is 4. The van der Waals surface area contributed by atoms with Crippen LogP contribution < -0.4 is 10.1 Å². The third-order valence-electron chi connectivity index (χ3n) is 5.11. The molecule has 3 amide bonds. The number of aromatic nitrogens is 3. The Balaban J connectivity index is 1.39. The number of rotatable bonds is 10. The Morgan fingerprint density at radius 3 is 2.67 bits per heavy atom. The molecule has 0 saturated carbocycles. The predicted molar refractivity (Wildman–Crippen MR) is 118 cm³/mol. The zero-order valence-corrected chi connectivity index (χ0v) is 18.1. The van der Waals surface area contributed by atoms with Crippen LogP contribution in [0, 0.1) is 0 Å². The number of benzene rings is 2. The molecule has 170 valence electrons. The fourth-order valence-corrected chi connectivity index (χ4v) is 3.47. The highest BCUT2D eigenvalue weighted by atomic mass is 16.5. The van der Waals surface area contributed by atoms with Crippen LogP contribution in [0.5, 0.6) is 5.75 Å². The number of hydrogen-bond donors (Lipinski definition) is 1. The monoisotopic (exact) mass is 449 g/mol. The lowest BCUT2D eigenvalue weighted by molar-refractivity contribution is 0.0638. The molecule has 1 N–H and O–H groups in total. The number of carbonyl (C=O) groups excluding carboxylic acids is 3. The van der Waals surface area contributed by atoms with Crippen molar-refractivity contribution in [1.29, 1.82) is 0 Å². The van der Waals surface area contributed by atoms with Crippen molar-refractivity contribution in [3.63, 3.8) is 0 Å². The van der Waals surface area contributed by atoms with Gasteiger partial charge in [0, 0.05) is 37.6 Å². The average Bonchev–Trinajstić information content (AvgIpc) is 3.42. The maximum absolute atomic E-state index is 12.8. The summed E-state index contributed by atoms with van der Waals surface area (Å²) >= 11 is 0. The van der Waals surface area contributed by atoms with Crippen molar-refractivity contribution in [2.45, 2.75) is 13.0 Å². The molecule has 1 aliphatic heterocycles. The van der Waals surface area contributed by atoms with Gasteiger partial charge in [-0.3, -0.25) is 19.3 Å². The zero-order valence-electron chi connectivity index (χ0n) is 18.1. The Morgan fingerprint density at radius 2 is 1.88 bits per heavy atom. The highest BCUT2D eigenvalue weighted by Crippen LogP contribution is 2.25. The fourth-order valence-electron chi connectivity index (χ4n) is 3.47. The number of ether oxygens (including phenoxy) is 2. The number of methoxy groups -OCH3 is 1. The van der Waals surface area contributed by atoms with Crippen molar-refractivity contribution in [1.82, 2.24) is 19.7 Å². The predicted octanol–water partition coefficient (Wildman–Crippen LogP) is 2.24. The maximum atomic E-state index is 12.8. The molecule has 0 unspecified atom stereocenters. The van der Waals surface area contributed by atoms with Crippen LogP contribution in [0.4, 0.5) is 5.69 Å².